The Labute approximate surface area is 141 Å². The van der Waals surface area contributed by atoms with Gasteiger partial charge >= 0.3 is 5.97 Å². The molecule has 0 radical (unpaired) electrons. The summed E-state index contributed by atoms with van der Waals surface area (Å²) in [6.07, 6.45) is 4.33. The van der Waals surface area contributed by atoms with Crippen LogP contribution in [-0.4, -0.2) is 29.4 Å². The Morgan fingerprint density at radius 1 is 1.00 bits per heavy atom. The molecule has 24 heavy (non-hydrogen) atoms. The Morgan fingerprint density at radius 2 is 1.71 bits per heavy atom. The largest absolute Gasteiger partial charge is 0.481 e. The van der Waals surface area contributed by atoms with Crippen molar-refractivity contribution >= 4 is 17.8 Å². The van der Waals surface area contributed by atoms with Crippen molar-refractivity contribution < 1.29 is 19.5 Å². The highest BCUT2D eigenvalue weighted by molar-refractivity contribution is 5.94. The number of rotatable bonds is 10. The van der Waals surface area contributed by atoms with Crippen LogP contribution in [0.25, 0.3) is 0 Å². The Hall–Kier alpha value is -2.37. The first-order valence-electron chi connectivity index (χ1n) is 8.43. The van der Waals surface area contributed by atoms with E-state index in [0.29, 0.717) is 25.1 Å². The quantitative estimate of drug-likeness (QED) is 0.572. The van der Waals surface area contributed by atoms with Crippen LogP contribution in [0.3, 0.4) is 0 Å². The van der Waals surface area contributed by atoms with Crippen molar-refractivity contribution in [3.63, 3.8) is 0 Å². The summed E-state index contributed by atoms with van der Waals surface area (Å²) in [6.45, 7) is 1.03. The fourth-order valence-electron chi connectivity index (χ4n) is 2.33. The summed E-state index contributed by atoms with van der Waals surface area (Å²) in [5.41, 5.74) is 1.55. The van der Waals surface area contributed by atoms with Crippen molar-refractivity contribution in [1.82, 2.24) is 10.6 Å². The number of benzene rings is 1. The molecule has 0 bridgehead atoms. The first-order valence-corrected chi connectivity index (χ1v) is 8.43. The van der Waals surface area contributed by atoms with Gasteiger partial charge in [-0.05, 0) is 43.4 Å². The second-order valence-electron chi connectivity index (χ2n) is 6.15. The van der Waals surface area contributed by atoms with Gasteiger partial charge in [0, 0.05) is 31.0 Å². The lowest BCUT2D eigenvalue weighted by molar-refractivity contribution is -0.137. The van der Waals surface area contributed by atoms with Crippen molar-refractivity contribution in [3.8, 4) is 0 Å². The van der Waals surface area contributed by atoms with Crippen LogP contribution >= 0.6 is 0 Å². The van der Waals surface area contributed by atoms with Gasteiger partial charge in [0.2, 0.25) is 5.91 Å². The van der Waals surface area contributed by atoms with E-state index in [2.05, 4.69) is 10.6 Å². The molecule has 0 spiro atoms. The van der Waals surface area contributed by atoms with E-state index in [1.54, 1.807) is 12.1 Å². The van der Waals surface area contributed by atoms with E-state index in [-0.39, 0.29) is 24.2 Å². The molecule has 1 aromatic rings. The van der Waals surface area contributed by atoms with Gasteiger partial charge in [0.25, 0.3) is 5.91 Å². The van der Waals surface area contributed by atoms with Gasteiger partial charge in [-0.2, -0.15) is 0 Å². The molecule has 0 atom stereocenters. The SMILES string of the molecule is O=C(O)CCCCCNC(=O)c1ccc(CNC(=O)C2CC2)cc1. The Kier molecular flexibility index (Phi) is 6.78. The number of carboxylic acid groups (broad SMARTS) is 1. The zero-order valence-electron chi connectivity index (χ0n) is 13.7. The minimum absolute atomic E-state index is 0.111. The monoisotopic (exact) mass is 332 g/mol. The molecular weight excluding hydrogens is 308 g/mol. The van der Waals surface area contributed by atoms with E-state index < -0.39 is 5.97 Å². The van der Waals surface area contributed by atoms with Crippen molar-refractivity contribution in [2.24, 2.45) is 5.92 Å². The van der Waals surface area contributed by atoms with Crippen LogP contribution in [-0.2, 0) is 16.1 Å². The molecule has 1 aromatic carbocycles. The van der Waals surface area contributed by atoms with Gasteiger partial charge in [-0.25, -0.2) is 0 Å². The fraction of sp³-hybridized carbons (Fsp3) is 0.500. The number of unbranched alkanes of at least 4 members (excludes halogenated alkanes) is 2. The fourth-order valence-corrected chi connectivity index (χ4v) is 2.33. The van der Waals surface area contributed by atoms with Crippen molar-refractivity contribution in [3.05, 3.63) is 35.4 Å². The highest BCUT2D eigenvalue weighted by atomic mass is 16.4. The highest BCUT2D eigenvalue weighted by Gasteiger charge is 2.29. The van der Waals surface area contributed by atoms with E-state index in [9.17, 15) is 14.4 Å². The summed E-state index contributed by atoms with van der Waals surface area (Å²) in [7, 11) is 0. The second kappa shape index (κ2) is 9.05. The third-order valence-electron chi connectivity index (χ3n) is 3.98. The summed E-state index contributed by atoms with van der Waals surface area (Å²) in [6, 6.07) is 7.18. The van der Waals surface area contributed by atoms with Gasteiger partial charge in [0.1, 0.15) is 0 Å². The average Bonchev–Trinajstić information content (AvgIpc) is 3.41. The number of hydrogen-bond acceptors (Lipinski definition) is 3. The van der Waals surface area contributed by atoms with Gasteiger partial charge < -0.3 is 15.7 Å². The lowest BCUT2D eigenvalue weighted by Crippen LogP contribution is -2.25. The molecule has 3 N–H and O–H groups in total. The topological polar surface area (TPSA) is 95.5 Å². The molecular formula is C18H24N2O4. The molecule has 6 nitrogen and oxygen atoms in total. The number of hydrogen-bond donors (Lipinski definition) is 3. The normalized spacial score (nSPS) is 13.3. The smallest absolute Gasteiger partial charge is 0.303 e. The number of nitrogens with one attached hydrogen (secondary N) is 2. The van der Waals surface area contributed by atoms with Crippen molar-refractivity contribution in [2.45, 2.75) is 45.1 Å². The molecule has 0 heterocycles. The highest BCUT2D eigenvalue weighted by Crippen LogP contribution is 2.28. The van der Waals surface area contributed by atoms with Gasteiger partial charge in [0.05, 0.1) is 0 Å². The minimum Gasteiger partial charge on any atom is -0.481 e. The minimum atomic E-state index is -0.785. The maximum Gasteiger partial charge on any atom is 0.303 e. The van der Waals surface area contributed by atoms with Crippen LogP contribution in [0.1, 0.15) is 54.4 Å². The van der Waals surface area contributed by atoms with Gasteiger partial charge in [0.15, 0.2) is 0 Å². The number of carbonyl (C=O) groups is 3. The maximum absolute atomic E-state index is 12.0. The maximum atomic E-state index is 12.0. The molecule has 0 aromatic heterocycles. The van der Waals surface area contributed by atoms with Gasteiger partial charge in [-0.15, -0.1) is 0 Å². The van der Waals surface area contributed by atoms with Crippen LogP contribution < -0.4 is 10.6 Å². The second-order valence-corrected chi connectivity index (χ2v) is 6.15. The average molecular weight is 332 g/mol. The van der Waals surface area contributed by atoms with Crippen LogP contribution in [0.4, 0.5) is 0 Å². The predicted molar refractivity (Wildman–Crippen MR) is 89.4 cm³/mol. The first-order chi connectivity index (χ1) is 11.6. The number of amides is 2. The Balaban J connectivity index is 1.64. The van der Waals surface area contributed by atoms with E-state index in [0.717, 1.165) is 31.2 Å². The summed E-state index contributed by atoms with van der Waals surface area (Å²) in [4.78, 5) is 33.9. The number of carboxylic acids is 1. The lowest BCUT2D eigenvalue weighted by Gasteiger charge is -2.07. The van der Waals surface area contributed by atoms with Crippen LogP contribution in [0, 0.1) is 5.92 Å². The molecule has 130 valence electrons. The van der Waals surface area contributed by atoms with Crippen molar-refractivity contribution in [2.75, 3.05) is 6.54 Å². The van der Waals surface area contributed by atoms with Gasteiger partial charge in [-0.3, -0.25) is 14.4 Å². The van der Waals surface area contributed by atoms with E-state index in [4.69, 9.17) is 5.11 Å². The Morgan fingerprint density at radius 3 is 2.33 bits per heavy atom. The molecule has 1 aliphatic carbocycles. The molecule has 0 aliphatic heterocycles. The van der Waals surface area contributed by atoms with E-state index in [1.807, 2.05) is 12.1 Å². The molecule has 6 heteroatoms. The standard InChI is InChI=1S/C18H24N2O4/c21-16(22)4-2-1-3-11-19-17(23)14-7-5-13(6-8-14)12-20-18(24)15-9-10-15/h5-8,15H,1-4,9-12H2,(H,19,23)(H,20,24)(H,21,22). The van der Waals surface area contributed by atoms with E-state index >= 15 is 0 Å². The summed E-state index contributed by atoms with van der Waals surface area (Å²) < 4.78 is 0. The van der Waals surface area contributed by atoms with E-state index in [1.165, 1.54) is 0 Å². The zero-order chi connectivity index (χ0) is 17.4. The molecule has 1 aliphatic rings. The molecule has 1 saturated carbocycles. The van der Waals surface area contributed by atoms with Crippen molar-refractivity contribution in [1.29, 1.82) is 0 Å². The first kappa shape index (κ1) is 18.0. The molecule has 0 unspecified atom stereocenters. The molecule has 2 rings (SSSR count). The van der Waals surface area contributed by atoms with Gasteiger partial charge in [-0.1, -0.05) is 18.6 Å². The number of aliphatic carboxylic acids is 1. The molecule has 2 amide bonds. The molecule has 0 saturated heterocycles. The summed E-state index contributed by atoms with van der Waals surface area (Å²) in [5.74, 6) is -0.612. The van der Waals surface area contributed by atoms with Crippen LogP contribution in [0.2, 0.25) is 0 Å². The lowest BCUT2D eigenvalue weighted by atomic mass is 10.1. The predicted octanol–water partition coefficient (Wildman–Crippen LogP) is 2.09. The third-order valence-corrected chi connectivity index (χ3v) is 3.98. The summed E-state index contributed by atoms with van der Waals surface area (Å²) in [5, 5.41) is 14.2. The number of carbonyl (C=O) groups excluding carboxylic acids is 2. The third kappa shape index (κ3) is 6.40. The Bertz CT molecular complexity index is 579. The summed E-state index contributed by atoms with van der Waals surface area (Å²) >= 11 is 0. The van der Waals surface area contributed by atoms with Crippen LogP contribution in [0.15, 0.2) is 24.3 Å². The molecule has 1 fully saturated rings. The van der Waals surface area contributed by atoms with Crippen LogP contribution in [0.5, 0.6) is 0 Å². The zero-order valence-corrected chi connectivity index (χ0v) is 13.7.